The lowest BCUT2D eigenvalue weighted by Gasteiger charge is -2.20. The van der Waals surface area contributed by atoms with Crippen molar-refractivity contribution in [3.05, 3.63) is 77.5 Å². The van der Waals surface area contributed by atoms with Crippen molar-refractivity contribution >= 4 is 23.3 Å². The van der Waals surface area contributed by atoms with Crippen LogP contribution in [-0.4, -0.2) is 27.5 Å². The molecule has 9 heteroatoms. The van der Waals surface area contributed by atoms with E-state index in [-0.39, 0.29) is 24.2 Å². The zero-order valence-electron chi connectivity index (χ0n) is 16.6. The van der Waals surface area contributed by atoms with Crippen LogP contribution in [0, 0.1) is 24.5 Å². The summed E-state index contributed by atoms with van der Waals surface area (Å²) in [4.78, 5) is 25.1. The maximum Gasteiger partial charge on any atom is 0.229 e. The number of ether oxygens (including phenoxy) is 1. The first-order valence-electron chi connectivity index (χ1n) is 9.61. The number of pyridine rings is 1. The van der Waals surface area contributed by atoms with Gasteiger partial charge in [-0.25, -0.2) is 23.7 Å². The Hall–Kier alpha value is -3.13. The zero-order valence-corrected chi connectivity index (χ0v) is 17.4. The summed E-state index contributed by atoms with van der Waals surface area (Å²) in [5.41, 5.74) is 0.460. The molecule has 160 valence electrons. The van der Waals surface area contributed by atoms with Gasteiger partial charge in [-0.15, -0.1) is 11.6 Å². The monoisotopic (exact) mass is 444 g/mol. The Morgan fingerprint density at radius 1 is 1.23 bits per heavy atom. The van der Waals surface area contributed by atoms with Crippen LogP contribution in [0.25, 0.3) is 0 Å². The molecule has 0 saturated heterocycles. The molecular weight excluding hydrogens is 426 g/mol. The molecule has 2 aromatic heterocycles. The van der Waals surface area contributed by atoms with Crippen molar-refractivity contribution in [1.29, 1.82) is 0 Å². The molecule has 1 saturated carbocycles. The summed E-state index contributed by atoms with van der Waals surface area (Å²) < 4.78 is 33.0. The predicted octanol–water partition coefficient (Wildman–Crippen LogP) is 4.17. The molecule has 0 radical (unpaired) electrons. The van der Waals surface area contributed by atoms with Gasteiger partial charge < -0.3 is 10.1 Å². The first kappa shape index (κ1) is 21.1. The molecule has 0 unspecified atom stereocenters. The Balaban J connectivity index is 1.57. The van der Waals surface area contributed by atoms with Crippen LogP contribution < -0.4 is 10.1 Å². The number of rotatable bonds is 7. The molecule has 1 aliphatic carbocycles. The second kappa shape index (κ2) is 8.55. The summed E-state index contributed by atoms with van der Waals surface area (Å²) in [5.74, 6) is -0.307. The molecule has 1 fully saturated rings. The highest BCUT2D eigenvalue weighted by Crippen LogP contribution is 2.55. The molecule has 1 aromatic carbocycles. The summed E-state index contributed by atoms with van der Waals surface area (Å²) in [6, 6.07) is 8.71. The number of carbonyl (C=O) groups excluding carboxylic acids is 1. The van der Waals surface area contributed by atoms with E-state index in [4.69, 9.17) is 16.3 Å². The van der Waals surface area contributed by atoms with Crippen LogP contribution in [0.5, 0.6) is 5.75 Å². The van der Waals surface area contributed by atoms with Crippen molar-refractivity contribution < 1.29 is 18.3 Å². The van der Waals surface area contributed by atoms with Gasteiger partial charge in [-0.1, -0.05) is 12.1 Å². The van der Waals surface area contributed by atoms with Gasteiger partial charge in [0.15, 0.2) is 5.75 Å². The lowest BCUT2D eigenvalue weighted by atomic mass is 9.93. The van der Waals surface area contributed by atoms with Crippen molar-refractivity contribution in [3.8, 4) is 5.75 Å². The maximum absolute atomic E-state index is 13.9. The molecule has 31 heavy (non-hydrogen) atoms. The van der Waals surface area contributed by atoms with Gasteiger partial charge in [-0.2, -0.15) is 0 Å². The van der Waals surface area contributed by atoms with E-state index in [0.29, 0.717) is 29.3 Å². The minimum Gasteiger partial charge on any atom is -0.489 e. The smallest absolute Gasteiger partial charge is 0.229 e. The second-order valence-electron chi connectivity index (χ2n) is 7.42. The summed E-state index contributed by atoms with van der Waals surface area (Å²) in [6.45, 7) is 1.86. The lowest BCUT2D eigenvalue weighted by molar-refractivity contribution is -0.117. The number of nitrogens with one attached hydrogen (secondary N) is 1. The van der Waals surface area contributed by atoms with Gasteiger partial charge in [-0.05, 0) is 43.2 Å². The van der Waals surface area contributed by atoms with Crippen LogP contribution in [-0.2, 0) is 16.1 Å². The third kappa shape index (κ3) is 4.49. The van der Waals surface area contributed by atoms with Crippen LogP contribution in [0.2, 0.25) is 0 Å². The molecule has 0 bridgehead atoms. The molecule has 4 rings (SSSR count). The molecule has 3 aromatic rings. The Morgan fingerprint density at radius 3 is 2.77 bits per heavy atom. The number of amides is 1. The third-order valence-corrected chi connectivity index (χ3v) is 5.58. The number of halogens is 3. The normalized spacial score (nSPS) is 19.7. The van der Waals surface area contributed by atoms with E-state index >= 15 is 0 Å². The van der Waals surface area contributed by atoms with E-state index in [1.54, 1.807) is 25.3 Å². The number of benzene rings is 1. The molecule has 1 aliphatic rings. The first-order chi connectivity index (χ1) is 14.9. The van der Waals surface area contributed by atoms with Crippen LogP contribution in [0.3, 0.4) is 0 Å². The number of nitrogens with zero attached hydrogens (tertiary/aromatic N) is 3. The van der Waals surface area contributed by atoms with Gasteiger partial charge >= 0.3 is 0 Å². The molecule has 1 amide bonds. The number of hydrogen-bond donors (Lipinski definition) is 1. The molecule has 2 atom stereocenters. The Labute approximate surface area is 182 Å². The van der Waals surface area contributed by atoms with E-state index in [9.17, 15) is 13.6 Å². The summed E-state index contributed by atoms with van der Waals surface area (Å²) in [6.07, 6.45) is 3.02. The predicted molar refractivity (Wildman–Crippen MR) is 111 cm³/mol. The number of alkyl halides is 1. The maximum atomic E-state index is 13.9. The topological polar surface area (TPSA) is 77.0 Å². The fourth-order valence-electron chi connectivity index (χ4n) is 3.60. The highest BCUT2D eigenvalue weighted by Gasteiger charge is 2.60. The summed E-state index contributed by atoms with van der Waals surface area (Å²) >= 11 is 5.97. The average Bonchev–Trinajstić information content (AvgIpc) is 3.50. The Bertz CT molecular complexity index is 1110. The third-order valence-electron chi connectivity index (χ3n) is 5.33. The van der Waals surface area contributed by atoms with Crippen LogP contribution in [0.15, 0.2) is 48.8 Å². The van der Waals surface area contributed by atoms with Gasteiger partial charge in [0.2, 0.25) is 5.91 Å². The van der Waals surface area contributed by atoms with Gasteiger partial charge in [0, 0.05) is 5.41 Å². The van der Waals surface area contributed by atoms with Crippen LogP contribution in [0.4, 0.5) is 14.6 Å². The van der Waals surface area contributed by atoms with Crippen LogP contribution >= 0.6 is 11.6 Å². The molecular formula is C22H19ClF2N4O2. The van der Waals surface area contributed by atoms with Crippen molar-refractivity contribution in [2.45, 2.75) is 24.6 Å². The van der Waals surface area contributed by atoms with Crippen molar-refractivity contribution in [3.63, 3.8) is 0 Å². The molecule has 1 N–H and O–H groups in total. The highest BCUT2D eigenvalue weighted by molar-refractivity contribution is 6.17. The Morgan fingerprint density at radius 2 is 2.06 bits per heavy atom. The van der Waals surface area contributed by atoms with E-state index in [2.05, 4.69) is 20.3 Å². The quantitative estimate of drug-likeness (QED) is 0.553. The number of anilines is 1. The van der Waals surface area contributed by atoms with E-state index < -0.39 is 23.0 Å². The van der Waals surface area contributed by atoms with Crippen molar-refractivity contribution in [2.24, 2.45) is 5.92 Å². The number of aryl methyl sites for hydroxylation is 1. The largest absolute Gasteiger partial charge is 0.489 e. The molecule has 6 nitrogen and oxygen atoms in total. The number of carbonyl (C=O) groups is 1. The minimum atomic E-state index is -0.735. The number of hydrogen-bond acceptors (Lipinski definition) is 5. The number of aromatic nitrogens is 3. The molecule has 0 aliphatic heterocycles. The fourth-order valence-corrected chi connectivity index (χ4v) is 3.79. The Kier molecular flexibility index (Phi) is 5.82. The molecule has 0 spiro atoms. The SMILES string of the molecule is Cc1ncc(OC[C@@]2(c3cccc(F)c3)C[C@H]2C(=O)Nc2ccc(F)cn2)c(CCl)n1. The van der Waals surface area contributed by atoms with Crippen molar-refractivity contribution in [2.75, 3.05) is 11.9 Å². The second-order valence-corrected chi connectivity index (χ2v) is 7.69. The van der Waals surface area contributed by atoms with Gasteiger partial charge in [0.1, 0.15) is 29.0 Å². The standard InChI is InChI=1S/C22H19ClF2N4O2/c1-13-26-11-19(18(9-23)28-13)31-12-22(14-3-2-4-15(24)7-14)8-17(22)21(30)29-20-6-5-16(25)10-27-20/h2-7,10-11,17H,8-9,12H2,1H3,(H,27,29,30)/t17-,22+/m0/s1. The minimum absolute atomic E-state index is 0.113. The fraction of sp³-hybridized carbons (Fsp3) is 0.273. The summed E-state index contributed by atoms with van der Waals surface area (Å²) in [5, 5.41) is 2.69. The van der Waals surface area contributed by atoms with Gasteiger partial charge in [0.05, 0.1) is 30.8 Å². The van der Waals surface area contributed by atoms with E-state index in [1.807, 2.05) is 0 Å². The van der Waals surface area contributed by atoms with E-state index in [0.717, 1.165) is 6.20 Å². The lowest BCUT2D eigenvalue weighted by Crippen LogP contribution is -2.27. The van der Waals surface area contributed by atoms with E-state index in [1.165, 1.54) is 24.3 Å². The van der Waals surface area contributed by atoms with Gasteiger partial charge in [-0.3, -0.25) is 4.79 Å². The molecule has 2 heterocycles. The zero-order chi connectivity index (χ0) is 22.0. The van der Waals surface area contributed by atoms with Gasteiger partial charge in [0.25, 0.3) is 0 Å². The first-order valence-corrected chi connectivity index (χ1v) is 10.1. The average molecular weight is 445 g/mol. The van der Waals surface area contributed by atoms with Crippen LogP contribution in [0.1, 0.15) is 23.5 Å². The van der Waals surface area contributed by atoms with Crippen molar-refractivity contribution in [1.82, 2.24) is 15.0 Å². The summed E-state index contributed by atoms with van der Waals surface area (Å²) in [7, 11) is 0. The highest BCUT2D eigenvalue weighted by atomic mass is 35.5.